The summed E-state index contributed by atoms with van der Waals surface area (Å²) < 4.78 is 1.58. The number of para-hydroxylation sites is 1. The molecule has 1 aliphatic rings. The highest BCUT2D eigenvalue weighted by atomic mass is 35.5. The van der Waals surface area contributed by atoms with Crippen molar-refractivity contribution in [3.05, 3.63) is 40.9 Å². The minimum Gasteiger partial charge on any atom is -0.393 e. The molecule has 2 unspecified atom stereocenters. The number of nitrogens with zero attached hydrogens (tertiary/aromatic N) is 4. The number of carbonyl (C=O) groups excluding carboxylic acids is 1. The summed E-state index contributed by atoms with van der Waals surface area (Å²) in [6.45, 7) is 2.30. The number of hydrogen-bond donors (Lipinski definition) is 1. The number of halogens is 1. The fourth-order valence-electron chi connectivity index (χ4n) is 3.17. The number of aryl methyl sites for hydroxylation is 1. The molecule has 1 aromatic heterocycles. The molecular formula is C17H21ClN4O2. The number of rotatable bonds is 4. The normalized spacial score (nSPS) is 20.3. The van der Waals surface area contributed by atoms with Crippen molar-refractivity contribution in [1.29, 1.82) is 0 Å². The molecule has 1 saturated carbocycles. The maximum absolute atomic E-state index is 12.6. The van der Waals surface area contributed by atoms with Crippen LogP contribution in [0.3, 0.4) is 0 Å². The molecule has 0 spiro atoms. The summed E-state index contributed by atoms with van der Waals surface area (Å²) in [6, 6.07) is 7.30. The van der Waals surface area contributed by atoms with Gasteiger partial charge in [-0.25, -0.2) is 9.67 Å². The van der Waals surface area contributed by atoms with Gasteiger partial charge < -0.3 is 10.0 Å². The second-order valence-electron chi connectivity index (χ2n) is 6.29. The molecule has 3 rings (SSSR count). The van der Waals surface area contributed by atoms with E-state index in [0.29, 0.717) is 23.1 Å². The quantitative estimate of drug-likeness (QED) is 0.921. The van der Waals surface area contributed by atoms with Crippen molar-refractivity contribution in [2.24, 2.45) is 5.92 Å². The van der Waals surface area contributed by atoms with E-state index in [9.17, 15) is 9.90 Å². The van der Waals surface area contributed by atoms with Crippen LogP contribution in [-0.4, -0.2) is 50.4 Å². The Morgan fingerprint density at radius 2 is 2.17 bits per heavy atom. The third kappa shape index (κ3) is 3.30. The molecule has 0 aliphatic heterocycles. The second-order valence-corrected chi connectivity index (χ2v) is 6.70. The number of amides is 1. The van der Waals surface area contributed by atoms with Gasteiger partial charge in [-0.05, 0) is 31.9 Å². The van der Waals surface area contributed by atoms with E-state index in [2.05, 4.69) is 10.1 Å². The van der Waals surface area contributed by atoms with E-state index in [1.54, 1.807) is 29.6 Å². The van der Waals surface area contributed by atoms with Gasteiger partial charge in [-0.3, -0.25) is 4.79 Å². The van der Waals surface area contributed by atoms with Crippen LogP contribution in [0.2, 0.25) is 5.02 Å². The standard InChI is InChI=1S/C17H21ClN4O2/c1-11-19-16(20-22(11)14-8-4-3-7-13(14)18)17(24)21(2)10-12-6-5-9-15(12)23/h3-4,7-8,12,15,23H,5-6,9-10H2,1-2H3. The van der Waals surface area contributed by atoms with Gasteiger partial charge >= 0.3 is 0 Å². The van der Waals surface area contributed by atoms with Crippen LogP contribution in [0.25, 0.3) is 5.69 Å². The first-order chi connectivity index (χ1) is 11.5. The lowest BCUT2D eigenvalue weighted by molar-refractivity contribution is 0.0682. The first-order valence-electron chi connectivity index (χ1n) is 8.09. The highest BCUT2D eigenvalue weighted by Gasteiger charge is 2.29. The Hall–Kier alpha value is -1.92. The zero-order valence-corrected chi connectivity index (χ0v) is 14.6. The van der Waals surface area contributed by atoms with Crippen LogP contribution in [0.4, 0.5) is 0 Å². The predicted octanol–water partition coefficient (Wildman–Crippen LogP) is 2.46. The monoisotopic (exact) mass is 348 g/mol. The van der Waals surface area contributed by atoms with Crippen LogP contribution in [0.15, 0.2) is 24.3 Å². The molecule has 128 valence electrons. The Morgan fingerprint density at radius 3 is 2.83 bits per heavy atom. The van der Waals surface area contributed by atoms with Crippen molar-refractivity contribution < 1.29 is 9.90 Å². The largest absolute Gasteiger partial charge is 0.393 e. The average Bonchev–Trinajstić information content (AvgIpc) is 3.13. The summed E-state index contributed by atoms with van der Waals surface area (Å²) in [4.78, 5) is 18.5. The summed E-state index contributed by atoms with van der Waals surface area (Å²) in [7, 11) is 1.72. The van der Waals surface area contributed by atoms with Gasteiger partial charge in [0.05, 0.1) is 16.8 Å². The van der Waals surface area contributed by atoms with E-state index in [4.69, 9.17) is 11.6 Å². The number of aliphatic hydroxyl groups excluding tert-OH is 1. The molecule has 1 N–H and O–H groups in total. The zero-order chi connectivity index (χ0) is 17.3. The molecule has 1 aromatic carbocycles. The van der Waals surface area contributed by atoms with Crippen LogP contribution in [0.5, 0.6) is 0 Å². The van der Waals surface area contributed by atoms with Crippen LogP contribution in [0, 0.1) is 12.8 Å². The van der Waals surface area contributed by atoms with Crippen LogP contribution in [0.1, 0.15) is 35.7 Å². The molecule has 1 heterocycles. The van der Waals surface area contributed by atoms with E-state index in [1.165, 1.54) is 0 Å². The zero-order valence-electron chi connectivity index (χ0n) is 13.8. The summed E-state index contributed by atoms with van der Waals surface area (Å²) >= 11 is 6.20. The Morgan fingerprint density at radius 1 is 1.42 bits per heavy atom. The van der Waals surface area contributed by atoms with E-state index in [0.717, 1.165) is 19.3 Å². The molecule has 7 heteroatoms. The minimum atomic E-state index is -0.323. The highest BCUT2D eigenvalue weighted by Crippen LogP contribution is 2.26. The summed E-state index contributed by atoms with van der Waals surface area (Å²) in [6.07, 6.45) is 2.44. The van der Waals surface area contributed by atoms with E-state index < -0.39 is 0 Å². The Kier molecular flexibility index (Phi) is 4.87. The van der Waals surface area contributed by atoms with Crippen molar-refractivity contribution in [3.8, 4) is 5.69 Å². The van der Waals surface area contributed by atoms with Crippen molar-refractivity contribution in [1.82, 2.24) is 19.7 Å². The Labute approximate surface area is 146 Å². The highest BCUT2D eigenvalue weighted by molar-refractivity contribution is 6.32. The number of hydrogen-bond acceptors (Lipinski definition) is 4. The fraction of sp³-hybridized carbons (Fsp3) is 0.471. The number of benzene rings is 1. The molecule has 0 radical (unpaired) electrons. The van der Waals surface area contributed by atoms with Crippen LogP contribution < -0.4 is 0 Å². The lowest BCUT2D eigenvalue weighted by Gasteiger charge is -2.22. The van der Waals surface area contributed by atoms with Crippen molar-refractivity contribution in [2.45, 2.75) is 32.3 Å². The van der Waals surface area contributed by atoms with Crippen molar-refractivity contribution in [2.75, 3.05) is 13.6 Å². The number of carbonyl (C=O) groups is 1. The van der Waals surface area contributed by atoms with Crippen LogP contribution >= 0.6 is 11.6 Å². The molecule has 0 bridgehead atoms. The fourth-order valence-corrected chi connectivity index (χ4v) is 3.38. The predicted molar refractivity (Wildman–Crippen MR) is 91.4 cm³/mol. The maximum atomic E-state index is 12.6. The number of aromatic nitrogens is 3. The van der Waals surface area contributed by atoms with Gasteiger partial charge in [0.15, 0.2) is 0 Å². The lowest BCUT2D eigenvalue weighted by Crippen LogP contribution is -2.35. The molecule has 1 aliphatic carbocycles. The van der Waals surface area contributed by atoms with Gasteiger partial charge in [0.2, 0.25) is 5.82 Å². The third-order valence-electron chi connectivity index (χ3n) is 4.51. The SMILES string of the molecule is Cc1nc(C(=O)N(C)CC2CCCC2O)nn1-c1ccccc1Cl. The van der Waals surface area contributed by atoms with Gasteiger partial charge in [0, 0.05) is 19.5 Å². The smallest absolute Gasteiger partial charge is 0.293 e. The van der Waals surface area contributed by atoms with Gasteiger partial charge in [0.25, 0.3) is 5.91 Å². The summed E-state index contributed by atoms with van der Waals surface area (Å²) in [5, 5.41) is 14.8. The first-order valence-corrected chi connectivity index (χ1v) is 8.47. The number of aliphatic hydroxyl groups is 1. The van der Waals surface area contributed by atoms with Gasteiger partial charge in [-0.2, -0.15) is 0 Å². The molecule has 1 fully saturated rings. The first kappa shape index (κ1) is 16.9. The average molecular weight is 349 g/mol. The summed E-state index contributed by atoms with van der Waals surface area (Å²) in [5.74, 6) is 0.622. The van der Waals surface area contributed by atoms with Gasteiger partial charge in [-0.15, -0.1) is 5.10 Å². The molecule has 6 nitrogen and oxygen atoms in total. The van der Waals surface area contributed by atoms with Gasteiger partial charge in [-0.1, -0.05) is 30.2 Å². The second kappa shape index (κ2) is 6.91. The van der Waals surface area contributed by atoms with E-state index in [-0.39, 0.29) is 23.8 Å². The van der Waals surface area contributed by atoms with Crippen molar-refractivity contribution in [3.63, 3.8) is 0 Å². The van der Waals surface area contributed by atoms with Gasteiger partial charge in [0.1, 0.15) is 5.82 Å². The molecule has 24 heavy (non-hydrogen) atoms. The molecule has 0 saturated heterocycles. The van der Waals surface area contributed by atoms with Crippen LogP contribution in [-0.2, 0) is 0 Å². The molecule has 2 atom stereocenters. The maximum Gasteiger partial charge on any atom is 0.293 e. The third-order valence-corrected chi connectivity index (χ3v) is 4.83. The van der Waals surface area contributed by atoms with Crippen molar-refractivity contribution >= 4 is 17.5 Å². The molecule has 2 aromatic rings. The topological polar surface area (TPSA) is 71.2 Å². The molecular weight excluding hydrogens is 328 g/mol. The van der Waals surface area contributed by atoms with E-state index >= 15 is 0 Å². The Bertz CT molecular complexity index is 746. The minimum absolute atomic E-state index is 0.130. The Balaban J connectivity index is 1.79. The lowest BCUT2D eigenvalue weighted by atomic mass is 10.1. The summed E-state index contributed by atoms with van der Waals surface area (Å²) in [5.41, 5.74) is 0.692. The molecule has 1 amide bonds. The van der Waals surface area contributed by atoms with E-state index in [1.807, 2.05) is 18.2 Å².